The zero-order valence-corrected chi connectivity index (χ0v) is 21.7. The highest BCUT2D eigenvalue weighted by Gasteiger charge is 2.53. The van der Waals surface area contributed by atoms with Gasteiger partial charge in [0.2, 0.25) is 5.91 Å². The fourth-order valence-electron chi connectivity index (χ4n) is 6.17. The fourth-order valence-corrected chi connectivity index (χ4v) is 6.17. The predicted octanol–water partition coefficient (Wildman–Crippen LogP) is 1.94. The second-order valence-electron chi connectivity index (χ2n) is 11.1. The first-order valence-corrected chi connectivity index (χ1v) is 13.7. The van der Waals surface area contributed by atoms with Crippen LogP contribution < -0.4 is 10.6 Å². The summed E-state index contributed by atoms with van der Waals surface area (Å²) in [4.78, 5) is 43.7. The molecule has 8 nitrogen and oxygen atoms in total. The van der Waals surface area contributed by atoms with E-state index in [1.165, 1.54) is 31.2 Å². The Hall–Kier alpha value is -2.29. The Morgan fingerprint density at radius 2 is 1.81 bits per heavy atom. The summed E-state index contributed by atoms with van der Waals surface area (Å²) >= 11 is 0. The summed E-state index contributed by atoms with van der Waals surface area (Å²) in [5.41, 5.74) is 1.85. The third kappa shape index (κ3) is 4.95. The van der Waals surface area contributed by atoms with Crippen LogP contribution in [0.2, 0.25) is 0 Å². The number of rotatable bonds is 8. The number of nitrogens with zero attached hydrogens (tertiary/aromatic N) is 2. The molecular weight excluding hydrogens is 456 g/mol. The van der Waals surface area contributed by atoms with Gasteiger partial charge in [-0.15, -0.1) is 0 Å². The van der Waals surface area contributed by atoms with Gasteiger partial charge in [-0.05, 0) is 75.4 Å². The minimum absolute atomic E-state index is 0.0314. The van der Waals surface area contributed by atoms with Crippen LogP contribution in [0.3, 0.4) is 0 Å². The van der Waals surface area contributed by atoms with Crippen LogP contribution in [0.5, 0.6) is 0 Å². The highest BCUT2D eigenvalue weighted by Crippen LogP contribution is 2.34. The van der Waals surface area contributed by atoms with Gasteiger partial charge in [0.1, 0.15) is 24.8 Å². The van der Waals surface area contributed by atoms with Crippen LogP contribution in [0.1, 0.15) is 67.8 Å². The SMILES string of the molecule is CC[C@H](C)[C@H](NC(=O)c1ccc(C2CCN(C3CC3)CC2)cc1)C(=O)N1C[C@H](NC)[C@H]2OCC(=O)[C@H]21. The largest absolute Gasteiger partial charge is 0.366 e. The number of amides is 2. The van der Waals surface area contributed by atoms with E-state index in [-0.39, 0.29) is 42.3 Å². The van der Waals surface area contributed by atoms with Crippen molar-refractivity contribution in [1.82, 2.24) is 20.4 Å². The molecule has 3 saturated heterocycles. The van der Waals surface area contributed by atoms with Crippen molar-refractivity contribution in [3.63, 3.8) is 0 Å². The van der Waals surface area contributed by atoms with E-state index < -0.39 is 12.1 Å². The Balaban J connectivity index is 1.24. The van der Waals surface area contributed by atoms with Crippen molar-refractivity contribution < 1.29 is 19.1 Å². The van der Waals surface area contributed by atoms with Gasteiger partial charge in [0.15, 0.2) is 5.78 Å². The molecule has 0 bridgehead atoms. The number of hydrogen-bond acceptors (Lipinski definition) is 6. The normalized spacial score (nSPS) is 28.7. The molecule has 5 rings (SSSR count). The lowest BCUT2D eigenvalue weighted by molar-refractivity contribution is -0.139. The number of Topliss-reactive ketones (excluding diaryl/α,β-unsaturated/α-hetero) is 1. The van der Waals surface area contributed by atoms with E-state index in [9.17, 15) is 14.4 Å². The minimum atomic E-state index is -0.696. The number of likely N-dealkylation sites (N-methyl/N-ethyl adjacent to an activating group) is 1. The molecule has 8 heteroatoms. The summed E-state index contributed by atoms with van der Waals surface area (Å²) in [6, 6.07) is 7.37. The molecule has 0 radical (unpaired) electrons. The predicted molar refractivity (Wildman–Crippen MR) is 137 cm³/mol. The molecule has 1 aromatic rings. The van der Waals surface area contributed by atoms with Crippen LogP contribution in [0.15, 0.2) is 24.3 Å². The number of ether oxygens (including phenoxy) is 1. The Labute approximate surface area is 214 Å². The number of fused-ring (bicyclic) bond motifs is 1. The van der Waals surface area contributed by atoms with Crippen molar-refractivity contribution in [2.24, 2.45) is 5.92 Å². The van der Waals surface area contributed by atoms with Crippen molar-refractivity contribution >= 4 is 17.6 Å². The molecule has 2 N–H and O–H groups in total. The molecule has 0 aromatic heterocycles. The lowest BCUT2D eigenvalue weighted by atomic mass is 9.89. The topological polar surface area (TPSA) is 91.0 Å². The summed E-state index contributed by atoms with van der Waals surface area (Å²) in [6.07, 6.45) is 5.45. The molecule has 1 aromatic carbocycles. The van der Waals surface area contributed by atoms with E-state index >= 15 is 0 Å². The number of hydrogen-bond donors (Lipinski definition) is 2. The van der Waals surface area contributed by atoms with Crippen LogP contribution in [0.4, 0.5) is 0 Å². The van der Waals surface area contributed by atoms with Crippen LogP contribution in [-0.4, -0.2) is 91.0 Å². The van der Waals surface area contributed by atoms with Crippen molar-refractivity contribution in [3.8, 4) is 0 Å². The molecule has 3 aliphatic heterocycles. The van der Waals surface area contributed by atoms with Crippen molar-refractivity contribution in [1.29, 1.82) is 0 Å². The first-order chi connectivity index (χ1) is 17.4. The van der Waals surface area contributed by atoms with E-state index in [4.69, 9.17) is 4.74 Å². The average molecular weight is 497 g/mol. The fraction of sp³-hybridized carbons (Fsp3) is 0.679. The number of carbonyl (C=O) groups is 3. The highest BCUT2D eigenvalue weighted by molar-refractivity contribution is 5.99. The molecule has 3 heterocycles. The van der Waals surface area contributed by atoms with E-state index in [0.717, 1.165) is 25.6 Å². The van der Waals surface area contributed by atoms with Gasteiger partial charge >= 0.3 is 0 Å². The molecule has 0 unspecified atom stereocenters. The lowest BCUT2D eigenvalue weighted by Gasteiger charge is -2.32. The number of benzene rings is 1. The van der Waals surface area contributed by atoms with Crippen LogP contribution in [-0.2, 0) is 14.3 Å². The number of carbonyl (C=O) groups excluding carboxylic acids is 3. The van der Waals surface area contributed by atoms with Gasteiger partial charge in [-0.1, -0.05) is 32.4 Å². The third-order valence-electron chi connectivity index (χ3n) is 8.84. The highest BCUT2D eigenvalue weighted by atomic mass is 16.5. The number of piperidine rings is 1. The molecule has 4 fully saturated rings. The second-order valence-corrected chi connectivity index (χ2v) is 11.1. The van der Waals surface area contributed by atoms with E-state index in [0.29, 0.717) is 18.0 Å². The minimum Gasteiger partial charge on any atom is -0.366 e. The van der Waals surface area contributed by atoms with Gasteiger partial charge in [0.05, 0.1) is 6.04 Å². The lowest BCUT2D eigenvalue weighted by Crippen LogP contribution is -2.54. The first kappa shape index (κ1) is 25.4. The number of nitrogens with one attached hydrogen (secondary N) is 2. The van der Waals surface area contributed by atoms with Gasteiger partial charge < -0.3 is 25.2 Å². The number of likely N-dealkylation sites (tertiary alicyclic amines) is 2. The van der Waals surface area contributed by atoms with Gasteiger partial charge in [0, 0.05) is 18.2 Å². The average Bonchev–Trinajstić information content (AvgIpc) is 3.60. The Bertz CT molecular complexity index is 970. The molecule has 2 amide bonds. The van der Waals surface area contributed by atoms with Crippen LogP contribution in [0, 0.1) is 5.92 Å². The monoisotopic (exact) mass is 496 g/mol. The van der Waals surface area contributed by atoms with E-state index in [1.807, 2.05) is 33.0 Å². The molecule has 36 heavy (non-hydrogen) atoms. The summed E-state index contributed by atoms with van der Waals surface area (Å²) in [5.74, 6) is -0.0521. The maximum absolute atomic E-state index is 13.7. The zero-order chi connectivity index (χ0) is 25.4. The van der Waals surface area contributed by atoms with Gasteiger partial charge in [-0.3, -0.25) is 14.4 Å². The standard InChI is InChI=1S/C28H40N4O4/c1-4-17(2)24(28(35)32-15-22(29-3)26-25(32)23(33)16-36-26)30-27(34)20-7-5-18(6-8-20)19-11-13-31(14-12-19)21-9-10-21/h5-8,17,19,21-22,24-26,29H,4,9-16H2,1-3H3,(H,30,34)/t17-,22-,24-,25+,26+/m0/s1. The molecule has 1 aliphatic carbocycles. The Morgan fingerprint density at radius 3 is 2.42 bits per heavy atom. The Kier molecular flexibility index (Phi) is 7.47. The summed E-state index contributed by atoms with van der Waals surface area (Å²) in [7, 11) is 1.82. The smallest absolute Gasteiger partial charge is 0.251 e. The van der Waals surface area contributed by atoms with Gasteiger partial charge in [-0.25, -0.2) is 0 Å². The van der Waals surface area contributed by atoms with E-state index in [2.05, 4.69) is 27.7 Å². The van der Waals surface area contributed by atoms with Crippen molar-refractivity contribution in [2.75, 3.05) is 33.3 Å². The van der Waals surface area contributed by atoms with Crippen molar-refractivity contribution in [2.45, 2.75) is 82.1 Å². The van der Waals surface area contributed by atoms with Crippen molar-refractivity contribution in [3.05, 3.63) is 35.4 Å². The third-order valence-corrected chi connectivity index (χ3v) is 8.84. The summed E-state index contributed by atoms with van der Waals surface area (Å²) in [5, 5.41) is 6.17. The van der Waals surface area contributed by atoms with Gasteiger partial charge in [-0.2, -0.15) is 0 Å². The first-order valence-electron chi connectivity index (χ1n) is 13.7. The quantitative estimate of drug-likeness (QED) is 0.572. The summed E-state index contributed by atoms with van der Waals surface area (Å²) < 4.78 is 5.68. The maximum atomic E-state index is 13.7. The number of ketones is 1. The van der Waals surface area contributed by atoms with Crippen LogP contribution in [0.25, 0.3) is 0 Å². The van der Waals surface area contributed by atoms with E-state index in [1.54, 1.807) is 4.90 Å². The molecule has 0 spiro atoms. The molecule has 196 valence electrons. The molecular formula is C28H40N4O4. The van der Waals surface area contributed by atoms with Crippen LogP contribution >= 0.6 is 0 Å². The summed E-state index contributed by atoms with van der Waals surface area (Å²) in [6.45, 7) is 6.73. The molecule has 4 aliphatic rings. The second kappa shape index (κ2) is 10.6. The zero-order valence-electron chi connectivity index (χ0n) is 21.7. The maximum Gasteiger partial charge on any atom is 0.251 e. The van der Waals surface area contributed by atoms with Gasteiger partial charge in [0.25, 0.3) is 5.91 Å². The molecule has 1 saturated carbocycles. The Morgan fingerprint density at radius 1 is 1.11 bits per heavy atom. The molecule has 5 atom stereocenters.